The number of esters is 1. The molecule has 3 aliphatic rings. The van der Waals surface area contributed by atoms with E-state index in [2.05, 4.69) is 0 Å². The summed E-state index contributed by atoms with van der Waals surface area (Å²) in [4.78, 5) is 25.6. The maximum Gasteiger partial charge on any atom is 0.319 e. The van der Waals surface area contributed by atoms with Gasteiger partial charge in [0.2, 0.25) is 0 Å². The van der Waals surface area contributed by atoms with E-state index in [4.69, 9.17) is 19.5 Å². The van der Waals surface area contributed by atoms with Gasteiger partial charge in [0.1, 0.15) is 5.41 Å². The fraction of sp³-hybridized carbons (Fsp3) is 0.706. The lowest BCUT2D eigenvalue weighted by molar-refractivity contribution is -0.263. The molecule has 3 rings (SSSR count). The quantitative estimate of drug-likeness (QED) is 0.447. The zero-order valence-electron chi connectivity index (χ0n) is 13.5. The molecule has 2 fully saturated rings. The summed E-state index contributed by atoms with van der Waals surface area (Å²) in [6.07, 6.45) is 3.00. The number of Topliss-reactive ketones (excluding diaryl/α,β-unsaturated/α-hetero) is 1. The highest BCUT2D eigenvalue weighted by Crippen LogP contribution is 2.58. The third kappa shape index (κ3) is 2.14. The van der Waals surface area contributed by atoms with E-state index in [0.717, 1.165) is 5.57 Å². The van der Waals surface area contributed by atoms with Crippen LogP contribution >= 0.6 is 0 Å². The van der Waals surface area contributed by atoms with Crippen molar-refractivity contribution in [1.82, 2.24) is 0 Å². The number of carbonyl (C=O) groups excluding carboxylic acids is 2. The molecule has 1 spiro atoms. The molecular weight excluding hydrogens is 298 g/mol. The summed E-state index contributed by atoms with van der Waals surface area (Å²) in [5, 5.41) is 9.00. The van der Waals surface area contributed by atoms with Crippen LogP contribution in [0.3, 0.4) is 0 Å². The molecule has 2 bridgehead atoms. The van der Waals surface area contributed by atoms with Crippen LogP contribution in [0, 0.1) is 28.6 Å². The van der Waals surface area contributed by atoms with Crippen molar-refractivity contribution in [2.45, 2.75) is 38.4 Å². The van der Waals surface area contributed by atoms with Crippen LogP contribution in [-0.2, 0) is 23.8 Å². The van der Waals surface area contributed by atoms with Crippen LogP contribution in [0.5, 0.6) is 0 Å². The number of hydrogen-bond acceptors (Lipinski definition) is 6. The van der Waals surface area contributed by atoms with Gasteiger partial charge in [0, 0.05) is 24.7 Å². The lowest BCUT2D eigenvalue weighted by Gasteiger charge is -2.54. The molecule has 0 aromatic rings. The smallest absolute Gasteiger partial charge is 0.319 e. The van der Waals surface area contributed by atoms with Crippen molar-refractivity contribution in [3.05, 3.63) is 11.6 Å². The van der Waals surface area contributed by atoms with Crippen LogP contribution in [0.15, 0.2) is 11.6 Å². The second kappa shape index (κ2) is 5.73. The van der Waals surface area contributed by atoms with E-state index in [1.54, 1.807) is 0 Å². The Hall–Kier alpha value is -1.71. The van der Waals surface area contributed by atoms with Crippen molar-refractivity contribution >= 4 is 11.8 Å². The van der Waals surface area contributed by atoms with Crippen molar-refractivity contribution in [3.8, 4) is 6.07 Å². The van der Waals surface area contributed by atoms with Crippen LogP contribution < -0.4 is 0 Å². The van der Waals surface area contributed by atoms with Crippen LogP contribution in [0.4, 0.5) is 0 Å². The Bertz CT molecular complexity index is 599. The summed E-state index contributed by atoms with van der Waals surface area (Å²) in [6, 6.07) is 2.05. The summed E-state index contributed by atoms with van der Waals surface area (Å²) < 4.78 is 16.9. The Morgan fingerprint density at radius 2 is 2.13 bits per heavy atom. The topological polar surface area (TPSA) is 85.6 Å². The van der Waals surface area contributed by atoms with Crippen molar-refractivity contribution in [1.29, 1.82) is 5.26 Å². The van der Waals surface area contributed by atoms with Crippen molar-refractivity contribution in [2.24, 2.45) is 17.3 Å². The molecule has 1 aliphatic heterocycles. The van der Waals surface area contributed by atoms with Gasteiger partial charge in [-0.3, -0.25) is 9.59 Å². The minimum atomic E-state index is -1.36. The van der Waals surface area contributed by atoms with Gasteiger partial charge in [0.15, 0.2) is 11.6 Å². The molecule has 0 aromatic heterocycles. The molecule has 3 atom stereocenters. The minimum Gasteiger partial charge on any atom is -0.468 e. The zero-order valence-corrected chi connectivity index (χ0v) is 13.5. The number of ether oxygens (including phenoxy) is 3. The molecule has 124 valence electrons. The van der Waals surface area contributed by atoms with E-state index in [1.807, 2.05) is 19.1 Å². The maximum atomic E-state index is 12.9. The third-order valence-electron chi connectivity index (χ3n) is 5.43. The van der Waals surface area contributed by atoms with Crippen LogP contribution in [0.25, 0.3) is 0 Å². The average molecular weight is 319 g/mol. The van der Waals surface area contributed by atoms with E-state index in [-0.39, 0.29) is 31.0 Å². The molecular formula is C17H21NO5. The third-order valence-corrected chi connectivity index (χ3v) is 5.43. The predicted molar refractivity (Wildman–Crippen MR) is 78.9 cm³/mol. The van der Waals surface area contributed by atoms with Gasteiger partial charge in [-0.2, -0.15) is 5.26 Å². The Morgan fingerprint density at radius 1 is 1.43 bits per heavy atom. The maximum absolute atomic E-state index is 12.9. The number of allylic oxidation sites excluding steroid dienone is 1. The van der Waals surface area contributed by atoms with E-state index in [1.165, 1.54) is 7.11 Å². The number of nitriles is 1. The largest absolute Gasteiger partial charge is 0.468 e. The van der Waals surface area contributed by atoms with E-state index >= 15 is 0 Å². The Kier molecular flexibility index (Phi) is 4.03. The number of hydrogen-bond donors (Lipinski definition) is 0. The number of carbonyl (C=O) groups is 2. The SMILES string of the molecule is COC(=O)C1(CCC#N)C(=O)C[C@H]2C=C(C)C[C@@H]1C21OCCO1. The molecule has 23 heavy (non-hydrogen) atoms. The van der Waals surface area contributed by atoms with Gasteiger partial charge in [0.05, 0.1) is 26.4 Å². The molecule has 0 amide bonds. The summed E-state index contributed by atoms with van der Waals surface area (Å²) in [5.41, 5.74) is -0.247. The molecule has 0 radical (unpaired) electrons. The first-order valence-corrected chi connectivity index (χ1v) is 7.95. The van der Waals surface area contributed by atoms with Crippen LogP contribution in [0.1, 0.15) is 32.6 Å². The van der Waals surface area contributed by atoms with Gasteiger partial charge >= 0.3 is 5.97 Å². The van der Waals surface area contributed by atoms with Crippen LogP contribution in [0.2, 0.25) is 0 Å². The molecule has 1 heterocycles. The second-order valence-corrected chi connectivity index (χ2v) is 6.54. The lowest BCUT2D eigenvalue weighted by atomic mass is 9.53. The molecule has 6 heteroatoms. The van der Waals surface area contributed by atoms with Crippen LogP contribution in [-0.4, -0.2) is 37.9 Å². The highest BCUT2D eigenvalue weighted by molar-refractivity contribution is 6.05. The fourth-order valence-corrected chi connectivity index (χ4v) is 4.51. The van der Waals surface area contributed by atoms with Crippen molar-refractivity contribution < 1.29 is 23.8 Å². The number of rotatable bonds is 3. The molecule has 1 saturated heterocycles. The molecule has 1 saturated carbocycles. The van der Waals surface area contributed by atoms with Crippen molar-refractivity contribution in [2.75, 3.05) is 20.3 Å². The molecule has 1 unspecified atom stereocenters. The zero-order chi connectivity index (χ0) is 16.7. The Balaban J connectivity index is 2.14. The summed E-state index contributed by atoms with van der Waals surface area (Å²) in [7, 11) is 1.28. The highest BCUT2D eigenvalue weighted by atomic mass is 16.7. The number of nitrogens with zero attached hydrogens (tertiary/aromatic N) is 1. The first kappa shape index (κ1) is 16.2. The number of methoxy groups -OCH3 is 1. The first-order valence-electron chi connectivity index (χ1n) is 7.95. The summed E-state index contributed by atoms with van der Waals surface area (Å²) in [5.74, 6) is -2.32. The second-order valence-electron chi connectivity index (χ2n) is 6.54. The standard InChI is InChI=1S/C17H21NO5/c1-11-8-12-10-14(19)16(4-3-5-18,15(20)21-2)13(9-11)17(12)22-6-7-23-17/h8,12-13H,3-4,6-7,9-10H2,1-2H3/t12-,13+,16?/m1/s1. The highest BCUT2D eigenvalue weighted by Gasteiger charge is 2.68. The molecule has 0 N–H and O–H groups in total. The van der Waals surface area contributed by atoms with E-state index in [9.17, 15) is 9.59 Å². The Morgan fingerprint density at radius 3 is 2.74 bits per heavy atom. The summed E-state index contributed by atoms with van der Waals surface area (Å²) in [6.45, 7) is 2.89. The monoisotopic (exact) mass is 319 g/mol. The summed E-state index contributed by atoms with van der Waals surface area (Å²) >= 11 is 0. The van der Waals surface area contributed by atoms with Gasteiger partial charge in [0.25, 0.3) is 0 Å². The molecule has 2 aliphatic carbocycles. The van der Waals surface area contributed by atoms with Gasteiger partial charge < -0.3 is 14.2 Å². The van der Waals surface area contributed by atoms with E-state index in [0.29, 0.717) is 19.6 Å². The molecule has 6 nitrogen and oxygen atoms in total. The lowest BCUT2D eigenvalue weighted by Crippen LogP contribution is -2.64. The predicted octanol–water partition coefficient (Wildman–Crippen LogP) is 1.75. The minimum absolute atomic E-state index is 0.112. The van der Waals surface area contributed by atoms with Crippen molar-refractivity contribution in [3.63, 3.8) is 0 Å². The van der Waals surface area contributed by atoms with Gasteiger partial charge in [-0.05, 0) is 19.8 Å². The van der Waals surface area contributed by atoms with Gasteiger partial charge in [-0.15, -0.1) is 0 Å². The molecule has 0 aromatic carbocycles. The average Bonchev–Trinajstić information content (AvgIpc) is 3.00. The first-order chi connectivity index (χ1) is 11.0. The Labute approximate surface area is 135 Å². The fourth-order valence-electron chi connectivity index (χ4n) is 4.51. The van der Waals surface area contributed by atoms with Gasteiger partial charge in [-0.1, -0.05) is 11.6 Å². The number of ketones is 1. The van der Waals surface area contributed by atoms with Gasteiger partial charge in [-0.25, -0.2) is 0 Å². The van der Waals surface area contributed by atoms with E-state index < -0.39 is 23.1 Å². The normalized spacial score (nSPS) is 34.8.